The highest BCUT2D eigenvalue weighted by molar-refractivity contribution is 7.98. The summed E-state index contributed by atoms with van der Waals surface area (Å²) >= 11 is 3.15. The molecular formula is C10H20N2O4S2-2. The number of carboxylic acids is 2. The van der Waals surface area contributed by atoms with E-state index in [0.717, 1.165) is 11.5 Å². The van der Waals surface area contributed by atoms with Crippen LogP contribution in [0.15, 0.2) is 0 Å². The molecule has 0 aliphatic heterocycles. The molecule has 0 radical (unpaired) electrons. The van der Waals surface area contributed by atoms with Crippen molar-refractivity contribution >= 4 is 35.5 Å². The summed E-state index contributed by atoms with van der Waals surface area (Å²) in [5.41, 5.74) is 10.3. The predicted molar refractivity (Wildman–Crippen MR) is 72.0 cm³/mol. The third-order valence-electron chi connectivity index (χ3n) is 1.87. The lowest BCUT2D eigenvalue weighted by Gasteiger charge is -2.10. The van der Waals surface area contributed by atoms with Crippen LogP contribution in [-0.4, -0.2) is 48.0 Å². The molecule has 0 aliphatic carbocycles. The van der Waals surface area contributed by atoms with Gasteiger partial charge in [-0.05, 0) is 36.9 Å². The average molecular weight is 296 g/mol. The molecule has 0 saturated carbocycles. The summed E-state index contributed by atoms with van der Waals surface area (Å²) in [7, 11) is 0. The summed E-state index contributed by atoms with van der Waals surface area (Å²) in [5.74, 6) is -0.780. The minimum atomic E-state index is -1.16. The predicted octanol–water partition coefficient (Wildman–Crippen LogP) is -2.37. The van der Waals surface area contributed by atoms with Crippen LogP contribution < -0.4 is 21.7 Å². The fraction of sp³-hybridized carbons (Fsp3) is 0.800. The lowest BCUT2D eigenvalue weighted by molar-refractivity contribution is -0.308. The highest BCUT2D eigenvalue weighted by Crippen LogP contribution is 1.97. The van der Waals surface area contributed by atoms with E-state index in [1.54, 1.807) is 23.5 Å². The van der Waals surface area contributed by atoms with Crippen molar-refractivity contribution in [3.8, 4) is 0 Å². The zero-order chi connectivity index (χ0) is 14.6. The van der Waals surface area contributed by atoms with Crippen LogP contribution in [-0.2, 0) is 9.59 Å². The van der Waals surface area contributed by atoms with Crippen LogP contribution in [0.1, 0.15) is 12.8 Å². The smallest absolute Gasteiger partial charge is 0.0582 e. The van der Waals surface area contributed by atoms with Gasteiger partial charge in [-0.2, -0.15) is 23.5 Å². The molecule has 8 heteroatoms. The number of thioether (sulfide) groups is 2. The van der Waals surface area contributed by atoms with E-state index >= 15 is 0 Å². The number of rotatable bonds is 8. The molecule has 18 heavy (non-hydrogen) atoms. The van der Waals surface area contributed by atoms with Crippen LogP contribution in [0.3, 0.4) is 0 Å². The van der Waals surface area contributed by atoms with E-state index in [1.165, 1.54) is 0 Å². The maximum Gasteiger partial charge on any atom is 0.0582 e. The minimum Gasteiger partial charge on any atom is -0.548 e. The lowest BCUT2D eigenvalue weighted by Crippen LogP contribution is -2.42. The summed E-state index contributed by atoms with van der Waals surface area (Å²) in [6.45, 7) is 0. The van der Waals surface area contributed by atoms with E-state index in [1.807, 2.05) is 12.5 Å². The van der Waals surface area contributed by atoms with Gasteiger partial charge >= 0.3 is 0 Å². The summed E-state index contributed by atoms with van der Waals surface area (Å²) < 4.78 is 0. The first-order valence-corrected chi connectivity index (χ1v) is 8.06. The highest BCUT2D eigenvalue weighted by Gasteiger charge is 2.00. The van der Waals surface area contributed by atoms with Crippen LogP contribution in [0, 0.1) is 0 Å². The number of carbonyl (C=O) groups excluding carboxylic acids is 2. The van der Waals surface area contributed by atoms with Crippen molar-refractivity contribution < 1.29 is 19.8 Å². The van der Waals surface area contributed by atoms with Gasteiger partial charge in [-0.1, -0.05) is 0 Å². The molecule has 0 fully saturated rings. The second-order valence-electron chi connectivity index (χ2n) is 3.41. The maximum atomic E-state index is 9.96. The fourth-order valence-electron chi connectivity index (χ4n) is 0.725. The van der Waals surface area contributed by atoms with E-state index in [2.05, 4.69) is 0 Å². The maximum absolute atomic E-state index is 9.96. The van der Waals surface area contributed by atoms with Gasteiger partial charge in [0.25, 0.3) is 0 Å². The van der Waals surface area contributed by atoms with Gasteiger partial charge in [-0.3, -0.25) is 0 Å². The monoisotopic (exact) mass is 296 g/mol. The Bertz CT molecular complexity index is 218. The largest absolute Gasteiger partial charge is 0.548 e. The Morgan fingerprint density at radius 1 is 0.944 bits per heavy atom. The number of carboxylic acid groups (broad SMARTS) is 2. The van der Waals surface area contributed by atoms with Gasteiger partial charge in [0, 0.05) is 12.1 Å². The van der Waals surface area contributed by atoms with Gasteiger partial charge in [-0.15, -0.1) is 0 Å². The molecule has 0 bridgehead atoms. The Hall–Kier alpha value is -0.440. The summed E-state index contributed by atoms with van der Waals surface area (Å²) in [6.07, 6.45) is 4.79. The average Bonchev–Trinajstić information content (AvgIpc) is 2.33. The summed E-state index contributed by atoms with van der Waals surface area (Å²) in [4.78, 5) is 19.9. The molecule has 0 rings (SSSR count). The Morgan fingerprint density at radius 2 is 1.22 bits per heavy atom. The molecular weight excluding hydrogens is 276 g/mol. The van der Waals surface area contributed by atoms with Crippen molar-refractivity contribution in [1.29, 1.82) is 0 Å². The van der Waals surface area contributed by atoms with Crippen molar-refractivity contribution in [2.75, 3.05) is 24.0 Å². The third-order valence-corrected chi connectivity index (χ3v) is 3.16. The Labute approximate surface area is 116 Å². The quantitative estimate of drug-likeness (QED) is 0.508. The SMILES string of the molecule is CSCCC(N)C(=O)[O-].CSCCC(N)C(=O)[O-]. The molecule has 108 valence electrons. The lowest BCUT2D eigenvalue weighted by atomic mass is 10.2. The molecule has 0 aromatic carbocycles. The molecule has 0 spiro atoms. The van der Waals surface area contributed by atoms with E-state index < -0.39 is 24.0 Å². The molecule has 0 aromatic heterocycles. The highest BCUT2D eigenvalue weighted by atomic mass is 32.2. The number of hydrogen-bond donors (Lipinski definition) is 2. The van der Waals surface area contributed by atoms with Gasteiger partial charge in [0.2, 0.25) is 0 Å². The molecule has 0 aromatic rings. The van der Waals surface area contributed by atoms with Crippen molar-refractivity contribution in [2.45, 2.75) is 24.9 Å². The first-order valence-electron chi connectivity index (χ1n) is 5.27. The van der Waals surface area contributed by atoms with Gasteiger partial charge in [0.05, 0.1) is 11.9 Å². The standard InChI is InChI=1S/2C5H11NO2S/c2*1-9-3-2-4(6)5(7)8/h2*4H,2-3,6H2,1H3,(H,7,8)/p-2. The molecule has 2 atom stereocenters. The van der Waals surface area contributed by atoms with E-state index in [0.29, 0.717) is 12.8 Å². The second-order valence-corrected chi connectivity index (χ2v) is 5.39. The van der Waals surface area contributed by atoms with Crippen LogP contribution in [0.4, 0.5) is 0 Å². The molecule has 0 saturated heterocycles. The molecule has 6 nitrogen and oxygen atoms in total. The normalized spacial score (nSPS) is 13.1. The van der Waals surface area contributed by atoms with Crippen LogP contribution in [0.2, 0.25) is 0 Å². The number of nitrogens with two attached hydrogens (primary N) is 2. The number of hydrogen-bond acceptors (Lipinski definition) is 8. The van der Waals surface area contributed by atoms with Crippen molar-refractivity contribution in [3.63, 3.8) is 0 Å². The number of aliphatic carboxylic acids is 2. The molecule has 2 unspecified atom stereocenters. The Balaban J connectivity index is 0. The van der Waals surface area contributed by atoms with Crippen molar-refractivity contribution in [2.24, 2.45) is 11.5 Å². The first-order chi connectivity index (χ1) is 8.36. The Kier molecular flexibility index (Phi) is 14.4. The van der Waals surface area contributed by atoms with Gasteiger partial charge in [-0.25, -0.2) is 0 Å². The van der Waals surface area contributed by atoms with Crippen LogP contribution in [0.5, 0.6) is 0 Å². The topological polar surface area (TPSA) is 132 Å². The fourth-order valence-corrected chi connectivity index (χ4v) is 1.70. The van der Waals surface area contributed by atoms with Gasteiger partial charge in [0.1, 0.15) is 0 Å². The first kappa shape index (κ1) is 19.9. The van der Waals surface area contributed by atoms with Gasteiger partial charge in [0.15, 0.2) is 0 Å². The molecule has 0 amide bonds. The molecule has 0 heterocycles. The van der Waals surface area contributed by atoms with E-state index in [9.17, 15) is 19.8 Å². The summed E-state index contributed by atoms with van der Waals surface area (Å²) in [5, 5.41) is 19.9. The van der Waals surface area contributed by atoms with Gasteiger partial charge < -0.3 is 31.3 Å². The van der Waals surface area contributed by atoms with Crippen LogP contribution in [0.25, 0.3) is 0 Å². The van der Waals surface area contributed by atoms with E-state index in [-0.39, 0.29) is 0 Å². The molecule has 4 N–H and O–H groups in total. The number of carbonyl (C=O) groups is 2. The third kappa shape index (κ3) is 13.6. The minimum absolute atomic E-state index is 0.490. The zero-order valence-electron chi connectivity index (χ0n) is 10.6. The van der Waals surface area contributed by atoms with Crippen molar-refractivity contribution in [1.82, 2.24) is 0 Å². The van der Waals surface area contributed by atoms with Crippen molar-refractivity contribution in [3.05, 3.63) is 0 Å². The molecule has 0 aliphatic rings. The summed E-state index contributed by atoms with van der Waals surface area (Å²) in [6, 6.07) is -1.59. The van der Waals surface area contributed by atoms with Crippen LogP contribution >= 0.6 is 23.5 Å². The van der Waals surface area contributed by atoms with E-state index in [4.69, 9.17) is 11.5 Å². The second kappa shape index (κ2) is 13.0. The zero-order valence-corrected chi connectivity index (χ0v) is 12.2. The Morgan fingerprint density at radius 3 is 1.39 bits per heavy atom.